The largest absolute Gasteiger partial charge is 0.478 e. The van der Waals surface area contributed by atoms with Crippen LogP contribution in [0.2, 0.25) is 10.0 Å². The van der Waals surface area contributed by atoms with Gasteiger partial charge >= 0.3 is 5.97 Å². The second kappa shape index (κ2) is 6.45. The van der Waals surface area contributed by atoms with E-state index in [4.69, 9.17) is 28.3 Å². The number of rotatable bonds is 4. The van der Waals surface area contributed by atoms with Crippen molar-refractivity contribution in [3.8, 4) is 0 Å². The minimum atomic E-state index is -3.96. The van der Waals surface area contributed by atoms with Crippen LogP contribution in [-0.4, -0.2) is 19.5 Å². The third-order valence-corrected chi connectivity index (χ3v) is 5.55. The van der Waals surface area contributed by atoms with Gasteiger partial charge in [0.05, 0.1) is 16.3 Å². The molecule has 116 valence electrons. The zero-order valence-electron chi connectivity index (χ0n) is 10.7. The third kappa shape index (κ3) is 3.73. The van der Waals surface area contributed by atoms with Crippen molar-refractivity contribution in [2.24, 2.45) is 0 Å². The van der Waals surface area contributed by atoms with Crippen LogP contribution in [-0.2, 0) is 10.0 Å². The molecule has 22 heavy (non-hydrogen) atoms. The SMILES string of the molecule is O=C(O)c1ccc(S(=O)(=O)Nc2cc(Cl)ccc2Cl)c(Br)c1. The first kappa shape index (κ1) is 17.1. The maximum absolute atomic E-state index is 12.4. The van der Waals surface area contributed by atoms with E-state index >= 15 is 0 Å². The summed E-state index contributed by atoms with van der Waals surface area (Å²) in [5.41, 5.74) is 0.0926. The lowest BCUT2D eigenvalue weighted by Crippen LogP contribution is -2.14. The molecule has 0 heterocycles. The Morgan fingerprint density at radius 1 is 1.14 bits per heavy atom. The van der Waals surface area contributed by atoms with Crippen molar-refractivity contribution in [3.63, 3.8) is 0 Å². The number of carboxylic acids is 1. The van der Waals surface area contributed by atoms with Crippen molar-refractivity contribution >= 4 is 60.8 Å². The normalized spacial score (nSPS) is 11.2. The highest BCUT2D eigenvalue weighted by Gasteiger charge is 2.20. The van der Waals surface area contributed by atoms with Crippen molar-refractivity contribution in [2.45, 2.75) is 4.90 Å². The lowest BCUT2D eigenvalue weighted by molar-refractivity contribution is 0.0696. The lowest BCUT2D eigenvalue weighted by Gasteiger charge is -2.11. The van der Waals surface area contributed by atoms with Crippen LogP contribution in [0.15, 0.2) is 45.8 Å². The molecule has 0 bridgehead atoms. The quantitative estimate of drug-likeness (QED) is 0.768. The van der Waals surface area contributed by atoms with Crippen LogP contribution in [0.5, 0.6) is 0 Å². The van der Waals surface area contributed by atoms with E-state index in [-0.39, 0.29) is 25.6 Å². The van der Waals surface area contributed by atoms with E-state index in [1.54, 1.807) is 0 Å². The molecule has 2 rings (SSSR count). The summed E-state index contributed by atoms with van der Waals surface area (Å²) in [6.45, 7) is 0. The van der Waals surface area contributed by atoms with E-state index in [1.165, 1.54) is 36.4 Å². The van der Waals surface area contributed by atoms with Gasteiger partial charge in [0.2, 0.25) is 0 Å². The molecule has 0 saturated carbocycles. The van der Waals surface area contributed by atoms with Crippen LogP contribution in [0.3, 0.4) is 0 Å². The van der Waals surface area contributed by atoms with Gasteiger partial charge in [0, 0.05) is 9.50 Å². The number of hydrogen-bond donors (Lipinski definition) is 2. The van der Waals surface area contributed by atoms with Gasteiger partial charge in [-0.3, -0.25) is 4.72 Å². The number of halogens is 3. The Hall–Kier alpha value is -1.28. The molecule has 0 saturated heterocycles. The second-order valence-electron chi connectivity index (χ2n) is 4.18. The Kier molecular flexibility index (Phi) is 5.01. The van der Waals surface area contributed by atoms with E-state index in [0.29, 0.717) is 5.02 Å². The molecule has 0 aromatic heterocycles. The Balaban J connectivity index is 2.43. The fraction of sp³-hybridized carbons (Fsp3) is 0. The van der Waals surface area contributed by atoms with Gasteiger partial charge in [-0.25, -0.2) is 13.2 Å². The average molecular weight is 425 g/mol. The van der Waals surface area contributed by atoms with E-state index in [0.717, 1.165) is 0 Å². The summed E-state index contributed by atoms with van der Waals surface area (Å²) in [6, 6.07) is 7.95. The number of nitrogens with one attached hydrogen (secondary N) is 1. The summed E-state index contributed by atoms with van der Waals surface area (Å²) < 4.78 is 27.2. The van der Waals surface area contributed by atoms with Gasteiger partial charge < -0.3 is 5.11 Å². The highest BCUT2D eigenvalue weighted by molar-refractivity contribution is 9.10. The molecule has 0 spiro atoms. The molecule has 0 atom stereocenters. The van der Waals surface area contributed by atoms with Crippen LogP contribution in [0, 0.1) is 0 Å². The third-order valence-electron chi connectivity index (χ3n) is 2.64. The summed E-state index contributed by atoms with van der Waals surface area (Å²) in [7, 11) is -3.96. The fourth-order valence-corrected chi connectivity index (χ4v) is 4.17. The van der Waals surface area contributed by atoms with Crippen LogP contribution < -0.4 is 4.72 Å². The Morgan fingerprint density at radius 2 is 1.82 bits per heavy atom. The van der Waals surface area contributed by atoms with Gasteiger partial charge in [-0.2, -0.15) is 0 Å². The van der Waals surface area contributed by atoms with E-state index < -0.39 is 16.0 Å². The van der Waals surface area contributed by atoms with Gasteiger partial charge in [-0.15, -0.1) is 0 Å². The number of carbonyl (C=O) groups is 1. The van der Waals surface area contributed by atoms with Gasteiger partial charge in [-0.05, 0) is 52.3 Å². The van der Waals surface area contributed by atoms with E-state index in [2.05, 4.69) is 20.7 Å². The molecule has 0 unspecified atom stereocenters. The molecule has 0 aliphatic rings. The first-order valence-electron chi connectivity index (χ1n) is 5.71. The monoisotopic (exact) mass is 423 g/mol. The average Bonchev–Trinajstić information content (AvgIpc) is 2.42. The molecular formula is C13H8BrCl2NO4S. The first-order valence-corrected chi connectivity index (χ1v) is 8.74. The second-order valence-corrected chi connectivity index (χ2v) is 7.53. The molecule has 0 amide bonds. The van der Waals surface area contributed by atoms with Crippen molar-refractivity contribution in [1.82, 2.24) is 0 Å². The standard InChI is InChI=1S/C13H8BrCl2NO4S/c14-9-5-7(13(18)19)1-4-12(9)22(20,21)17-11-6-8(15)2-3-10(11)16/h1-6,17H,(H,18,19). The highest BCUT2D eigenvalue weighted by atomic mass is 79.9. The van der Waals surface area contributed by atoms with Gasteiger partial charge in [-0.1, -0.05) is 23.2 Å². The van der Waals surface area contributed by atoms with Gasteiger partial charge in [0.15, 0.2) is 0 Å². The Morgan fingerprint density at radius 3 is 2.41 bits per heavy atom. The van der Waals surface area contributed by atoms with Gasteiger partial charge in [0.1, 0.15) is 4.90 Å². The van der Waals surface area contributed by atoms with E-state index in [9.17, 15) is 13.2 Å². The minimum Gasteiger partial charge on any atom is -0.478 e. The predicted molar refractivity (Wildman–Crippen MR) is 88.4 cm³/mol. The fourth-order valence-electron chi connectivity index (χ4n) is 1.63. The van der Waals surface area contributed by atoms with Crippen molar-refractivity contribution < 1.29 is 18.3 Å². The summed E-state index contributed by atoms with van der Waals surface area (Å²) in [5.74, 6) is -1.16. The zero-order chi connectivity index (χ0) is 16.5. The number of carboxylic acid groups (broad SMARTS) is 1. The number of anilines is 1. The molecule has 2 aromatic rings. The Labute approximate surface area is 145 Å². The molecule has 0 radical (unpaired) electrons. The highest BCUT2D eigenvalue weighted by Crippen LogP contribution is 2.30. The van der Waals surface area contributed by atoms with Crippen LogP contribution in [0.25, 0.3) is 0 Å². The maximum atomic E-state index is 12.4. The summed E-state index contributed by atoms with van der Waals surface area (Å²) in [5, 5.41) is 9.40. The van der Waals surface area contributed by atoms with Crippen LogP contribution >= 0.6 is 39.1 Å². The molecule has 9 heteroatoms. The predicted octanol–water partition coefficient (Wildman–Crippen LogP) is 4.25. The topological polar surface area (TPSA) is 83.5 Å². The summed E-state index contributed by atoms with van der Waals surface area (Å²) >= 11 is 14.8. The molecule has 0 aliphatic carbocycles. The lowest BCUT2D eigenvalue weighted by atomic mass is 10.2. The molecule has 0 aliphatic heterocycles. The summed E-state index contributed by atoms with van der Waals surface area (Å²) in [4.78, 5) is 10.8. The maximum Gasteiger partial charge on any atom is 0.335 e. The minimum absolute atomic E-state index is 0.0355. The smallest absolute Gasteiger partial charge is 0.335 e. The molecular weight excluding hydrogens is 417 g/mol. The van der Waals surface area contributed by atoms with Crippen molar-refractivity contribution in [2.75, 3.05) is 4.72 Å². The molecule has 5 nitrogen and oxygen atoms in total. The van der Waals surface area contributed by atoms with Crippen LogP contribution in [0.1, 0.15) is 10.4 Å². The van der Waals surface area contributed by atoms with Crippen molar-refractivity contribution in [3.05, 3.63) is 56.5 Å². The first-order chi connectivity index (χ1) is 10.2. The summed E-state index contributed by atoms with van der Waals surface area (Å²) in [6.07, 6.45) is 0. The molecule has 2 N–H and O–H groups in total. The molecule has 2 aromatic carbocycles. The molecule has 0 fully saturated rings. The Bertz CT molecular complexity index is 855. The number of benzene rings is 2. The number of aromatic carboxylic acids is 1. The zero-order valence-corrected chi connectivity index (χ0v) is 14.6. The van der Waals surface area contributed by atoms with Crippen molar-refractivity contribution in [1.29, 1.82) is 0 Å². The van der Waals surface area contributed by atoms with Gasteiger partial charge in [0.25, 0.3) is 10.0 Å². The van der Waals surface area contributed by atoms with Crippen LogP contribution in [0.4, 0.5) is 5.69 Å². The number of sulfonamides is 1. The van der Waals surface area contributed by atoms with E-state index in [1.807, 2.05) is 0 Å². The number of hydrogen-bond acceptors (Lipinski definition) is 3.